The summed E-state index contributed by atoms with van der Waals surface area (Å²) in [5, 5.41) is 0.871. The molecule has 1 aliphatic heterocycles. The average Bonchev–Trinajstić information content (AvgIpc) is 2.91. The number of piperazine rings is 1. The number of benzene rings is 3. The van der Waals surface area contributed by atoms with Gasteiger partial charge in [-0.3, -0.25) is 9.10 Å². The van der Waals surface area contributed by atoms with Crippen LogP contribution in [0.2, 0.25) is 10.0 Å². The van der Waals surface area contributed by atoms with Gasteiger partial charge in [0.05, 0.1) is 24.9 Å². The quantitative estimate of drug-likeness (QED) is 0.380. The van der Waals surface area contributed by atoms with Crippen LogP contribution in [0, 0.1) is 6.92 Å². The largest absolute Gasteiger partial charge is 0.495 e. The van der Waals surface area contributed by atoms with Gasteiger partial charge >= 0.3 is 0 Å². The number of carbonyl (C=O) groups excluding carboxylic acids is 1. The van der Waals surface area contributed by atoms with Crippen LogP contribution in [-0.4, -0.2) is 66.2 Å². The first-order valence-corrected chi connectivity index (χ1v) is 14.1. The van der Waals surface area contributed by atoms with Crippen molar-refractivity contribution in [1.82, 2.24) is 4.90 Å². The number of nitrogens with zero attached hydrogens (tertiary/aromatic N) is 3. The van der Waals surface area contributed by atoms with E-state index in [0.717, 1.165) is 15.6 Å². The molecule has 3 aromatic rings. The van der Waals surface area contributed by atoms with Crippen LogP contribution in [-0.2, 0) is 14.8 Å². The van der Waals surface area contributed by atoms with E-state index in [0.29, 0.717) is 37.0 Å². The number of carbonyl (C=O) groups is 1. The van der Waals surface area contributed by atoms with Gasteiger partial charge in [0.2, 0.25) is 5.91 Å². The fraction of sp³-hybridized carbons (Fsp3) is 0.296. The summed E-state index contributed by atoms with van der Waals surface area (Å²) in [7, 11) is -1.33. The number of ether oxygens (including phenoxy) is 2. The number of amides is 1. The van der Waals surface area contributed by atoms with E-state index in [1.807, 2.05) is 24.3 Å². The van der Waals surface area contributed by atoms with Gasteiger partial charge < -0.3 is 19.3 Å². The van der Waals surface area contributed by atoms with Gasteiger partial charge in [-0.25, -0.2) is 8.42 Å². The monoisotopic (exact) mass is 577 g/mol. The van der Waals surface area contributed by atoms with Crippen molar-refractivity contribution >= 4 is 50.5 Å². The van der Waals surface area contributed by atoms with E-state index < -0.39 is 16.6 Å². The Morgan fingerprint density at radius 1 is 0.921 bits per heavy atom. The lowest BCUT2D eigenvalue weighted by atomic mass is 10.2. The van der Waals surface area contributed by atoms with Crippen molar-refractivity contribution in [2.24, 2.45) is 0 Å². The molecule has 3 aromatic carbocycles. The smallest absolute Gasteiger partial charge is 0.268 e. The first-order chi connectivity index (χ1) is 18.1. The number of halogens is 2. The van der Waals surface area contributed by atoms with Gasteiger partial charge in [-0.15, -0.1) is 0 Å². The van der Waals surface area contributed by atoms with Crippen molar-refractivity contribution in [3.05, 3.63) is 76.3 Å². The molecule has 1 fully saturated rings. The standard InChI is InChI=1S/C27H29Cl2N3O5S/c1-19-7-9-25(37-3)26(15-19)38(34,35)32(22-8-10-24(36-2)23(29)17-22)18-27(33)31-13-11-30(12-14-31)21-6-4-5-20(28)16-21/h4-10,15-17H,11-14,18H2,1-3H3. The minimum Gasteiger partial charge on any atom is -0.495 e. The van der Waals surface area contributed by atoms with Crippen LogP contribution in [0.5, 0.6) is 11.5 Å². The predicted molar refractivity (Wildman–Crippen MR) is 151 cm³/mol. The van der Waals surface area contributed by atoms with Gasteiger partial charge in [0, 0.05) is 36.9 Å². The zero-order valence-electron chi connectivity index (χ0n) is 21.4. The molecule has 8 nitrogen and oxygen atoms in total. The number of rotatable bonds is 8. The van der Waals surface area contributed by atoms with E-state index in [9.17, 15) is 13.2 Å². The number of sulfonamides is 1. The second-order valence-electron chi connectivity index (χ2n) is 8.83. The van der Waals surface area contributed by atoms with Crippen LogP contribution < -0.4 is 18.7 Å². The average molecular weight is 579 g/mol. The van der Waals surface area contributed by atoms with Gasteiger partial charge in [-0.2, -0.15) is 0 Å². The van der Waals surface area contributed by atoms with E-state index in [4.69, 9.17) is 32.7 Å². The van der Waals surface area contributed by atoms with Crippen molar-refractivity contribution in [1.29, 1.82) is 0 Å². The summed E-state index contributed by atoms with van der Waals surface area (Å²) >= 11 is 12.5. The van der Waals surface area contributed by atoms with Crippen LogP contribution in [0.1, 0.15) is 5.56 Å². The third kappa shape index (κ3) is 5.95. The Balaban J connectivity index is 1.62. The molecule has 38 heavy (non-hydrogen) atoms. The maximum Gasteiger partial charge on any atom is 0.268 e. The molecule has 1 amide bonds. The van der Waals surface area contributed by atoms with Crippen molar-refractivity contribution in [2.45, 2.75) is 11.8 Å². The first-order valence-electron chi connectivity index (χ1n) is 11.9. The van der Waals surface area contributed by atoms with Crippen LogP contribution in [0.3, 0.4) is 0 Å². The number of hydrogen-bond donors (Lipinski definition) is 0. The minimum absolute atomic E-state index is 0.0366. The van der Waals surface area contributed by atoms with Crippen LogP contribution in [0.25, 0.3) is 0 Å². The molecule has 0 unspecified atom stereocenters. The molecule has 1 saturated heterocycles. The summed E-state index contributed by atoms with van der Waals surface area (Å²) in [6.45, 7) is 3.46. The zero-order chi connectivity index (χ0) is 27.4. The normalized spacial score (nSPS) is 13.8. The number of aryl methyl sites for hydroxylation is 1. The van der Waals surface area contributed by atoms with Crippen molar-refractivity contribution < 1.29 is 22.7 Å². The highest BCUT2D eigenvalue weighted by atomic mass is 35.5. The van der Waals surface area contributed by atoms with Gasteiger partial charge in [-0.1, -0.05) is 35.3 Å². The lowest BCUT2D eigenvalue weighted by molar-refractivity contribution is -0.129. The second kappa shape index (κ2) is 11.7. The fourth-order valence-corrected chi connectivity index (χ4v) is 6.43. The Kier molecular flexibility index (Phi) is 8.60. The van der Waals surface area contributed by atoms with Gasteiger partial charge in [0.25, 0.3) is 10.0 Å². The van der Waals surface area contributed by atoms with Crippen molar-refractivity contribution in [3.8, 4) is 11.5 Å². The molecule has 0 radical (unpaired) electrons. The van der Waals surface area contributed by atoms with Crippen molar-refractivity contribution in [2.75, 3.05) is 56.1 Å². The number of hydrogen-bond acceptors (Lipinski definition) is 6. The predicted octanol–water partition coefficient (Wildman–Crippen LogP) is 4.86. The summed E-state index contributed by atoms with van der Waals surface area (Å²) in [6.07, 6.45) is 0. The second-order valence-corrected chi connectivity index (χ2v) is 11.5. The van der Waals surface area contributed by atoms with Gasteiger partial charge in [-0.05, 0) is 61.0 Å². The molecule has 0 bridgehead atoms. The summed E-state index contributed by atoms with van der Waals surface area (Å²) in [4.78, 5) is 17.3. The first kappa shape index (κ1) is 27.9. The van der Waals surface area contributed by atoms with E-state index in [1.165, 1.54) is 26.4 Å². The van der Waals surface area contributed by atoms with Crippen LogP contribution >= 0.6 is 23.2 Å². The van der Waals surface area contributed by atoms with E-state index >= 15 is 0 Å². The van der Waals surface area contributed by atoms with Gasteiger partial charge in [0.1, 0.15) is 22.9 Å². The van der Waals surface area contributed by atoms with E-state index in [1.54, 1.807) is 36.1 Å². The lowest BCUT2D eigenvalue weighted by Gasteiger charge is -2.37. The summed E-state index contributed by atoms with van der Waals surface area (Å²) in [6, 6.07) is 17.1. The summed E-state index contributed by atoms with van der Waals surface area (Å²) < 4.78 is 39.6. The molecule has 0 aliphatic carbocycles. The third-order valence-electron chi connectivity index (χ3n) is 6.40. The molecule has 0 aromatic heterocycles. The Bertz CT molecular complexity index is 1430. The maximum atomic E-state index is 14.0. The highest BCUT2D eigenvalue weighted by Gasteiger charge is 2.33. The molecule has 1 aliphatic rings. The highest BCUT2D eigenvalue weighted by Crippen LogP contribution is 2.35. The lowest BCUT2D eigenvalue weighted by Crippen LogP contribution is -2.52. The van der Waals surface area contributed by atoms with E-state index in [2.05, 4.69) is 4.90 Å². The summed E-state index contributed by atoms with van der Waals surface area (Å²) in [5.74, 6) is 0.255. The zero-order valence-corrected chi connectivity index (χ0v) is 23.7. The fourth-order valence-electron chi connectivity index (χ4n) is 4.34. The van der Waals surface area contributed by atoms with Crippen LogP contribution in [0.4, 0.5) is 11.4 Å². The van der Waals surface area contributed by atoms with Crippen LogP contribution in [0.15, 0.2) is 65.6 Å². The molecular weight excluding hydrogens is 549 g/mol. The Labute approximate surface area is 233 Å². The molecular formula is C27H29Cl2N3O5S. The number of methoxy groups -OCH3 is 2. The maximum absolute atomic E-state index is 14.0. The molecule has 1 heterocycles. The Morgan fingerprint density at radius 2 is 1.61 bits per heavy atom. The molecule has 11 heteroatoms. The van der Waals surface area contributed by atoms with E-state index in [-0.39, 0.29) is 27.3 Å². The molecule has 0 spiro atoms. The summed E-state index contributed by atoms with van der Waals surface area (Å²) in [5.41, 5.74) is 1.96. The van der Waals surface area contributed by atoms with Crippen molar-refractivity contribution in [3.63, 3.8) is 0 Å². The Morgan fingerprint density at radius 3 is 2.24 bits per heavy atom. The molecule has 4 rings (SSSR count). The minimum atomic E-state index is -4.21. The Hall–Kier alpha value is -3.14. The molecule has 0 N–H and O–H groups in total. The molecule has 202 valence electrons. The highest BCUT2D eigenvalue weighted by molar-refractivity contribution is 7.93. The number of anilines is 2. The SMILES string of the molecule is COc1ccc(N(CC(=O)N2CCN(c3cccc(Cl)c3)CC2)S(=O)(=O)c2cc(C)ccc2OC)cc1Cl. The topological polar surface area (TPSA) is 79.4 Å². The molecule has 0 saturated carbocycles. The van der Waals surface area contributed by atoms with Gasteiger partial charge in [0.15, 0.2) is 0 Å². The molecule has 0 atom stereocenters. The third-order valence-corrected chi connectivity index (χ3v) is 8.72.